The number of carboxylic acids is 1. The summed E-state index contributed by atoms with van der Waals surface area (Å²) < 4.78 is 0. The Balaban J connectivity index is 0.000001000. The van der Waals surface area contributed by atoms with E-state index in [0.29, 0.717) is 0 Å². The summed E-state index contributed by atoms with van der Waals surface area (Å²) in [4.78, 5) is 10.2. The van der Waals surface area contributed by atoms with E-state index < -0.39 is 24.2 Å². The second kappa shape index (κ2) is 3.87. The Morgan fingerprint density at radius 3 is 2.18 bits per heavy atom. The first-order chi connectivity index (χ1) is 4.63. The lowest BCUT2D eigenvalue weighted by Crippen LogP contribution is -2.39. The molecule has 66 valence electrons. The SMILES string of the molecule is Cl.O=C(O)[C@@H]1NC[C@@H](O)[C@H]1O. The van der Waals surface area contributed by atoms with Crippen molar-refractivity contribution in [3.8, 4) is 0 Å². The predicted octanol–water partition coefficient (Wildman–Crippen LogP) is -1.81. The molecule has 4 N–H and O–H groups in total. The zero-order valence-corrected chi connectivity index (χ0v) is 6.41. The summed E-state index contributed by atoms with van der Waals surface area (Å²) in [6.07, 6.45) is -2.14. The normalized spacial score (nSPS) is 36.4. The van der Waals surface area contributed by atoms with Crippen LogP contribution in [0.25, 0.3) is 0 Å². The molecule has 0 amide bonds. The van der Waals surface area contributed by atoms with Crippen LogP contribution in [0.1, 0.15) is 0 Å². The van der Waals surface area contributed by atoms with Gasteiger partial charge in [-0.2, -0.15) is 0 Å². The quantitative estimate of drug-likeness (QED) is 0.385. The van der Waals surface area contributed by atoms with Crippen LogP contribution in [0.5, 0.6) is 0 Å². The first-order valence-corrected chi connectivity index (χ1v) is 2.95. The number of rotatable bonds is 1. The van der Waals surface area contributed by atoms with Crippen molar-refractivity contribution in [2.24, 2.45) is 0 Å². The molecule has 1 heterocycles. The number of halogens is 1. The summed E-state index contributed by atoms with van der Waals surface area (Å²) in [5.41, 5.74) is 0. The highest BCUT2D eigenvalue weighted by Gasteiger charge is 2.37. The van der Waals surface area contributed by atoms with E-state index in [1.807, 2.05) is 0 Å². The maximum absolute atomic E-state index is 10.2. The summed E-state index contributed by atoms with van der Waals surface area (Å²) in [6.45, 7) is 0.137. The van der Waals surface area contributed by atoms with Gasteiger partial charge in [-0.3, -0.25) is 10.1 Å². The van der Waals surface area contributed by atoms with Gasteiger partial charge < -0.3 is 15.3 Å². The molecule has 11 heavy (non-hydrogen) atoms. The number of aliphatic carboxylic acids is 1. The van der Waals surface area contributed by atoms with Gasteiger partial charge in [-0.05, 0) is 0 Å². The molecular formula is C5H10ClNO4. The van der Waals surface area contributed by atoms with Crippen LogP contribution in [-0.4, -0.2) is 46.1 Å². The summed E-state index contributed by atoms with van der Waals surface area (Å²) in [5, 5.41) is 28.6. The van der Waals surface area contributed by atoms with Gasteiger partial charge in [-0.15, -0.1) is 12.4 Å². The van der Waals surface area contributed by atoms with E-state index in [2.05, 4.69) is 5.32 Å². The molecule has 0 aromatic carbocycles. The molecule has 3 atom stereocenters. The molecule has 0 aliphatic carbocycles. The van der Waals surface area contributed by atoms with Crippen LogP contribution in [0.2, 0.25) is 0 Å². The van der Waals surface area contributed by atoms with Crippen molar-refractivity contribution < 1.29 is 20.1 Å². The molecule has 5 nitrogen and oxygen atoms in total. The van der Waals surface area contributed by atoms with Crippen molar-refractivity contribution in [2.45, 2.75) is 18.2 Å². The molecule has 0 aromatic heterocycles. The lowest BCUT2D eigenvalue weighted by Gasteiger charge is -2.09. The first-order valence-electron chi connectivity index (χ1n) is 2.95. The Labute approximate surface area is 69.4 Å². The highest BCUT2D eigenvalue weighted by atomic mass is 35.5. The van der Waals surface area contributed by atoms with Crippen LogP contribution in [0, 0.1) is 0 Å². The van der Waals surface area contributed by atoms with Crippen molar-refractivity contribution in [1.29, 1.82) is 0 Å². The number of aliphatic hydroxyl groups excluding tert-OH is 2. The van der Waals surface area contributed by atoms with Gasteiger partial charge in [0, 0.05) is 6.54 Å². The van der Waals surface area contributed by atoms with Crippen molar-refractivity contribution in [2.75, 3.05) is 6.54 Å². The van der Waals surface area contributed by atoms with E-state index in [-0.39, 0.29) is 19.0 Å². The van der Waals surface area contributed by atoms with Crippen LogP contribution in [0.3, 0.4) is 0 Å². The lowest BCUT2D eigenvalue weighted by atomic mass is 10.1. The van der Waals surface area contributed by atoms with Crippen LogP contribution < -0.4 is 5.32 Å². The third-order valence-corrected chi connectivity index (χ3v) is 1.55. The van der Waals surface area contributed by atoms with Gasteiger partial charge in [0.05, 0.1) is 6.10 Å². The Hall–Kier alpha value is -0.360. The molecule has 0 radical (unpaired) electrons. The summed E-state index contributed by atoms with van der Waals surface area (Å²) in [5.74, 6) is -1.14. The largest absolute Gasteiger partial charge is 0.480 e. The molecule has 1 fully saturated rings. The number of β-amino-alcohol motifs (C(OH)–C–C–N with tert-alkyl or cyclic N) is 1. The first kappa shape index (κ1) is 10.6. The van der Waals surface area contributed by atoms with Crippen molar-refractivity contribution in [1.82, 2.24) is 5.32 Å². The Morgan fingerprint density at radius 1 is 1.45 bits per heavy atom. The fourth-order valence-electron chi connectivity index (χ4n) is 0.945. The van der Waals surface area contributed by atoms with Gasteiger partial charge >= 0.3 is 5.97 Å². The monoisotopic (exact) mass is 183 g/mol. The number of carbonyl (C=O) groups is 1. The Morgan fingerprint density at radius 2 is 2.00 bits per heavy atom. The van der Waals surface area contributed by atoms with E-state index in [4.69, 9.17) is 15.3 Å². The third kappa shape index (κ3) is 2.03. The van der Waals surface area contributed by atoms with E-state index in [9.17, 15) is 4.79 Å². The summed E-state index contributed by atoms with van der Waals surface area (Å²) >= 11 is 0. The molecule has 0 bridgehead atoms. The molecule has 6 heteroatoms. The fourth-order valence-corrected chi connectivity index (χ4v) is 0.945. The lowest BCUT2D eigenvalue weighted by molar-refractivity contribution is -0.142. The Kier molecular flexibility index (Phi) is 3.74. The molecule has 0 spiro atoms. The molecule has 0 aromatic rings. The molecular weight excluding hydrogens is 174 g/mol. The van der Waals surface area contributed by atoms with E-state index in [1.54, 1.807) is 0 Å². The fraction of sp³-hybridized carbons (Fsp3) is 0.800. The molecule has 0 saturated carbocycles. The van der Waals surface area contributed by atoms with Gasteiger partial charge in [0.2, 0.25) is 0 Å². The predicted molar refractivity (Wildman–Crippen MR) is 38.7 cm³/mol. The number of aliphatic hydroxyl groups is 2. The number of hydrogen-bond acceptors (Lipinski definition) is 4. The van der Waals surface area contributed by atoms with E-state index >= 15 is 0 Å². The van der Waals surface area contributed by atoms with Gasteiger partial charge in [0.1, 0.15) is 12.1 Å². The third-order valence-electron chi connectivity index (χ3n) is 1.55. The maximum atomic E-state index is 10.2. The van der Waals surface area contributed by atoms with Gasteiger partial charge in [-0.1, -0.05) is 0 Å². The van der Waals surface area contributed by atoms with Crippen LogP contribution >= 0.6 is 12.4 Å². The second-order valence-electron chi connectivity index (χ2n) is 2.28. The molecule has 1 aliphatic rings. The summed E-state index contributed by atoms with van der Waals surface area (Å²) in [6, 6.07) is -1.02. The molecule has 1 rings (SSSR count). The smallest absolute Gasteiger partial charge is 0.323 e. The highest BCUT2D eigenvalue weighted by molar-refractivity contribution is 5.85. The standard InChI is InChI=1S/C5H9NO4.ClH/c7-2-1-6-3(4(2)8)5(9)10;/h2-4,6-8H,1H2,(H,9,10);1H/t2-,3-,4-;/m1./s1. The van der Waals surface area contributed by atoms with Crippen molar-refractivity contribution in [3.63, 3.8) is 0 Å². The highest BCUT2D eigenvalue weighted by Crippen LogP contribution is 2.06. The number of hydrogen-bond donors (Lipinski definition) is 4. The zero-order chi connectivity index (χ0) is 7.72. The van der Waals surface area contributed by atoms with Crippen molar-refractivity contribution in [3.05, 3.63) is 0 Å². The minimum absolute atomic E-state index is 0. The van der Waals surface area contributed by atoms with Crippen molar-refractivity contribution >= 4 is 18.4 Å². The zero-order valence-electron chi connectivity index (χ0n) is 5.60. The molecule has 1 saturated heterocycles. The number of nitrogens with one attached hydrogen (secondary N) is 1. The molecule has 0 unspecified atom stereocenters. The number of carboxylic acid groups (broad SMARTS) is 1. The minimum atomic E-state index is -1.18. The van der Waals surface area contributed by atoms with Gasteiger partial charge in [0.15, 0.2) is 0 Å². The maximum Gasteiger partial charge on any atom is 0.323 e. The average molecular weight is 184 g/mol. The minimum Gasteiger partial charge on any atom is -0.480 e. The van der Waals surface area contributed by atoms with Crippen LogP contribution in [0.15, 0.2) is 0 Å². The van der Waals surface area contributed by atoms with Gasteiger partial charge in [-0.25, -0.2) is 0 Å². The topological polar surface area (TPSA) is 89.8 Å². The van der Waals surface area contributed by atoms with E-state index in [1.165, 1.54) is 0 Å². The Bertz CT molecular complexity index is 153. The van der Waals surface area contributed by atoms with Gasteiger partial charge in [0.25, 0.3) is 0 Å². The average Bonchev–Trinajstić information content (AvgIpc) is 2.14. The van der Waals surface area contributed by atoms with Crippen LogP contribution in [0.4, 0.5) is 0 Å². The van der Waals surface area contributed by atoms with Crippen LogP contribution in [-0.2, 0) is 4.79 Å². The van der Waals surface area contributed by atoms with E-state index in [0.717, 1.165) is 0 Å². The second-order valence-corrected chi connectivity index (χ2v) is 2.28. The summed E-state index contributed by atoms with van der Waals surface area (Å²) in [7, 11) is 0. The molecule has 1 aliphatic heterocycles.